The summed E-state index contributed by atoms with van der Waals surface area (Å²) in [5.74, 6) is 0.771. The van der Waals surface area contributed by atoms with E-state index in [1.807, 2.05) is 0 Å². The highest BCUT2D eigenvalue weighted by atomic mass is 15.2. The monoisotopic (exact) mass is 196 g/mol. The van der Waals surface area contributed by atoms with Crippen LogP contribution < -0.4 is 5.73 Å². The molecular formula is C12H24N2. The number of likely N-dealkylation sites (tertiary alicyclic amines) is 1. The fourth-order valence-corrected chi connectivity index (χ4v) is 3.17. The lowest BCUT2D eigenvalue weighted by molar-refractivity contribution is 0.227. The molecule has 1 aliphatic heterocycles. The fourth-order valence-electron chi connectivity index (χ4n) is 3.17. The summed E-state index contributed by atoms with van der Waals surface area (Å²) in [5, 5.41) is 0. The van der Waals surface area contributed by atoms with Crippen molar-refractivity contribution >= 4 is 0 Å². The standard InChI is InChI=1S/C12H24N2/c1-10(2)14-8-5-11(9-14)12(13)6-3-4-7-12/h10-11H,3-9,13H2,1-2H3. The number of nitrogens with zero attached hydrogens (tertiary/aromatic N) is 1. The molecule has 2 rings (SSSR count). The maximum Gasteiger partial charge on any atom is 0.0195 e. The highest BCUT2D eigenvalue weighted by Gasteiger charge is 2.41. The molecule has 1 saturated heterocycles. The van der Waals surface area contributed by atoms with Crippen molar-refractivity contribution in [3.8, 4) is 0 Å². The van der Waals surface area contributed by atoms with Gasteiger partial charge in [-0.1, -0.05) is 12.8 Å². The van der Waals surface area contributed by atoms with Crippen LogP contribution in [-0.4, -0.2) is 29.6 Å². The van der Waals surface area contributed by atoms with Gasteiger partial charge in [0.1, 0.15) is 0 Å². The average Bonchev–Trinajstić information content (AvgIpc) is 2.71. The highest BCUT2D eigenvalue weighted by Crippen LogP contribution is 2.38. The molecule has 0 amide bonds. The average molecular weight is 196 g/mol. The van der Waals surface area contributed by atoms with Gasteiger partial charge < -0.3 is 10.6 Å². The van der Waals surface area contributed by atoms with Gasteiger partial charge in [-0.3, -0.25) is 0 Å². The van der Waals surface area contributed by atoms with E-state index in [1.165, 1.54) is 45.2 Å². The van der Waals surface area contributed by atoms with E-state index in [2.05, 4.69) is 18.7 Å². The van der Waals surface area contributed by atoms with Gasteiger partial charge >= 0.3 is 0 Å². The summed E-state index contributed by atoms with van der Waals surface area (Å²) in [7, 11) is 0. The van der Waals surface area contributed by atoms with Crippen LogP contribution in [0.25, 0.3) is 0 Å². The molecule has 1 heterocycles. The Kier molecular flexibility index (Phi) is 2.85. The third-order valence-corrected chi connectivity index (χ3v) is 4.30. The lowest BCUT2D eigenvalue weighted by Gasteiger charge is -2.31. The molecule has 2 fully saturated rings. The first kappa shape index (κ1) is 10.4. The zero-order valence-corrected chi connectivity index (χ0v) is 9.63. The number of rotatable bonds is 2. The van der Waals surface area contributed by atoms with E-state index < -0.39 is 0 Å². The molecule has 1 atom stereocenters. The number of hydrogen-bond acceptors (Lipinski definition) is 2. The van der Waals surface area contributed by atoms with Crippen LogP contribution in [0.5, 0.6) is 0 Å². The summed E-state index contributed by atoms with van der Waals surface area (Å²) in [6.07, 6.45) is 6.57. The summed E-state index contributed by atoms with van der Waals surface area (Å²) < 4.78 is 0. The van der Waals surface area contributed by atoms with E-state index in [0.717, 1.165) is 5.92 Å². The predicted octanol–water partition coefficient (Wildman–Crippen LogP) is 1.99. The van der Waals surface area contributed by atoms with Crippen molar-refractivity contribution in [3.05, 3.63) is 0 Å². The van der Waals surface area contributed by atoms with E-state index in [4.69, 9.17) is 5.73 Å². The molecule has 2 nitrogen and oxygen atoms in total. The second-order valence-corrected chi connectivity index (χ2v) is 5.51. The second kappa shape index (κ2) is 3.82. The second-order valence-electron chi connectivity index (χ2n) is 5.51. The molecule has 1 aliphatic carbocycles. The van der Waals surface area contributed by atoms with Crippen molar-refractivity contribution in [1.29, 1.82) is 0 Å². The van der Waals surface area contributed by atoms with Gasteiger partial charge in [-0.05, 0) is 45.6 Å². The largest absolute Gasteiger partial charge is 0.325 e. The third-order valence-electron chi connectivity index (χ3n) is 4.30. The van der Waals surface area contributed by atoms with Crippen molar-refractivity contribution in [2.75, 3.05) is 13.1 Å². The van der Waals surface area contributed by atoms with Crippen molar-refractivity contribution in [2.45, 2.75) is 57.5 Å². The minimum absolute atomic E-state index is 0.198. The van der Waals surface area contributed by atoms with E-state index in [9.17, 15) is 0 Å². The molecule has 0 aromatic carbocycles. The van der Waals surface area contributed by atoms with Crippen LogP contribution in [0.15, 0.2) is 0 Å². The molecule has 14 heavy (non-hydrogen) atoms. The van der Waals surface area contributed by atoms with Crippen molar-refractivity contribution in [1.82, 2.24) is 4.90 Å². The molecule has 0 bridgehead atoms. The Balaban J connectivity index is 1.94. The summed E-state index contributed by atoms with van der Waals surface area (Å²) in [4.78, 5) is 2.58. The van der Waals surface area contributed by atoms with Crippen LogP contribution in [0.3, 0.4) is 0 Å². The molecule has 82 valence electrons. The molecule has 2 N–H and O–H groups in total. The molecule has 0 aromatic heterocycles. The molecule has 1 saturated carbocycles. The topological polar surface area (TPSA) is 29.3 Å². The molecule has 1 unspecified atom stereocenters. The number of hydrogen-bond donors (Lipinski definition) is 1. The summed E-state index contributed by atoms with van der Waals surface area (Å²) in [6.45, 7) is 7.09. The van der Waals surface area contributed by atoms with Gasteiger partial charge in [0.05, 0.1) is 0 Å². The van der Waals surface area contributed by atoms with Gasteiger partial charge in [0.25, 0.3) is 0 Å². The first-order chi connectivity index (χ1) is 6.62. The minimum atomic E-state index is 0.198. The SMILES string of the molecule is CC(C)N1CCC(C2(N)CCCC2)C1. The van der Waals surface area contributed by atoms with E-state index >= 15 is 0 Å². The summed E-state index contributed by atoms with van der Waals surface area (Å²) >= 11 is 0. The quantitative estimate of drug-likeness (QED) is 0.732. The van der Waals surface area contributed by atoms with Gasteiger partial charge in [0.15, 0.2) is 0 Å². The lowest BCUT2D eigenvalue weighted by Crippen LogP contribution is -2.46. The van der Waals surface area contributed by atoms with Crippen LogP contribution in [0, 0.1) is 5.92 Å². The first-order valence-electron chi connectivity index (χ1n) is 6.15. The summed E-state index contributed by atoms with van der Waals surface area (Å²) in [6, 6.07) is 0.699. The van der Waals surface area contributed by atoms with Crippen LogP contribution in [0.2, 0.25) is 0 Å². The molecule has 0 spiro atoms. The smallest absolute Gasteiger partial charge is 0.0195 e. The zero-order valence-electron chi connectivity index (χ0n) is 9.63. The van der Waals surface area contributed by atoms with Crippen LogP contribution in [0.4, 0.5) is 0 Å². The van der Waals surface area contributed by atoms with Gasteiger partial charge in [-0.25, -0.2) is 0 Å². The molecular weight excluding hydrogens is 172 g/mol. The minimum Gasteiger partial charge on any atom is -0.325 e. The van der Waals surface area contributed by atoms with Crippen molar-refractivity contribution in [2.24, 2.45) is 11.7 Å². The van der Waals surface area contributed by atoms with Gasteiger partial charge in [-0.2, -0.15) is 0 Å². The van der Waals surface area contributed by atoms with E-state index in [-0.39, 0.29) is 5.54 Å². The third kappa shape index (κ3) is 1.82. The first-order valence-corrected chi connectivity index (χ1v) is 6.15. The predicted molar refractivity (Wildman–Crippen MR) is 60.2 cm³/mol. The molecule has 0 radical (unpaired) electrons. The Bertz CT molecular complexity index is 194. The Morgan fingerprint density at radius 2 is 1.93 bits per heavy atom. The van der Waals surface area contributed by atoms with Crippen molar-refractivity contribution < 1.29 is 0 Å². The van der Waals surface area contributed by atoms with Crippen LogP contribution >= 0.6 is 0 Å². The van der Waals surface area contributed by atoms with Gasteiger partial charge in [0.2, 0.25) is 0 Å². The Hall–Kier alpha value is -0.0800. The molecule has 0 aromatic rings. The highest BCUT2D eigenvalue weighted by molar-refractivity contribution is 4.99. The summed E-state index contributed by atoms with van der Waals surface area (Å²) in [5.41, 5.74) is 6.70. The normalized spacial score (nSPS) is 33.0. The Morgan fingerprint density at radius 1 is 1.29 bits per heavy atom. The fraction of sp³-hybridized carbons (Fsp3) is 1.00. The maximum absolute atomic E-state index is 6.50. The van der Waals surface area contributed by atoms with Gasteiger partial charge in [-0.15, -0.1) is 0 Å². The van der Waals surface area contributed by atoms with Crippen molar-refractivity contribution in [3.63, 3.8) is 0 Å². The zero-order chi connectivity index (χ0) is 10.2. The van der Waals surface area contributed by atoms with Crippen LogP contribution in [-0.2, 0) is 0 Å². The number of nitrogens with two attached hydrogens (primary N) is 1. The molecule has 2 heteroatoms. The van der Waals surface area contributed by atoms with Crippen LogP contribution in [0.1, 0.15) is 46.0 Å². The van der Waals surface area contributed by atoms with Gasteiger partial charge in [0, 0.05) is 18.1 Å². The maximum atomic E-state index is 6.50. The van der Waals surface area contributed by atoms with E-state index in [0.29, 0.717) is 6.04 Å². The lowest BCUT2D eigenvalue weighted by atomic mass is 9.83. The van der Waals surface area contributed by atoms with E-state index in [1.54, 1.807) is 0 Å². The Labute approximate surface area is 87.8 Å². The Morgan fingerprint density at radius 3 is 2.43 bits per heavy atom. The molecule has 2 aliphatic rings.